The third-order valence-corrected chi connectivity index (χ3v) is 8.62. The maximum atomic E-state index is 14.1. The van der Waals surface area contributed by atoms with Gasteiger partial charge in [0.1, 0.15) is 11.5 Å². The van der Waals surface area contributed by atoms with Gasteiger partial charge in [-0.15, -0.1) is 0 Å². The van der Waals surface area contributed by atoms with Crippen molar-refractivity contribution in [3.63, 3.8) is 0 Å². The summed E-state index contributed by atoms with van der Waals surface area (Å²) in [5, 5.41) is 13.9. The topological polar surface area (TPSA) is 106 Å². The van der Waals surface area contributed by atoms with Crippen LogP contribution in [0.4, 0.5) is 4.39 Å². The van der Waals surface area contributed by atoms with Crippen LogP contribution in [0.3, 0.4) is 0 Å². The summed E-state index contributed by atoms with van der Waals surface area (Å²) in [7, 11) is 0. The number of aliphatic hydroxyl groups excluding tert-OH is 1. The molecule has 3 heterocycles. The minimum Gasteiger partial charge on any atom is -0.378 e. The molecule has 0 bridgehead atoms. The molecule has 1 saturated carbocycles. The van der Waals surface area contributed by atoms with Crippen molar-refractivity contribution >= 4 is 40.3 Å². The highest BCUT2D eigenvalue weighted by Crippen LogP contribution is 2.30. The quantitative estimate of drug-likeness (QED) is 0.505. The smallest absolute Gasteiger partial charge is 0.333 e. The minimum absolute atomic E-state index is 0.0916. The lowest BCUT2D eigenvalue weighted by atomic mass is 9.90. The zero-order valence-corrected chi connectivity index (χ0v) is 21.7. The van der Waals surface area contributed by atoms with Crippen LogP contribution in [0.1, 0.15) is 62.3 Å². The maximum Gasteiger partial charge on any atom is 0.333 e. The Bertz CT molecular complexity index is 1410. The van der Waals surface area contributed by atoms with E-state index < -0.39 is 29.1 Å². The number of rotatable bonds is 5. The molecule has 1 amide bonds. The predicted octanol–water partition coefficient (Wildman–Crippen LogP) is 3.75. The minimum atomic E-state index is -1.32. The summed E-state index contributed by atoms with van der Waals surface area (Å²) in [6.45, 7) is 0. The molecule has 1 unspecified atom stereocenters. The van der Waals surface area contributed by atoms with E-state index in [-0.39, 0.29) is 29.2 Å². The number of hydrogen-bond donors (Lipinski definition) is 2. The number of nitrogens with one attached hydrogen (secondary N) is 1. The van der Waals surface area contributed by atoms with E-state index in [1.807, 2.05) is 11.8 Å². The van der Waals surface area contributed by atoms with Gasteiger partial charge in [0, 0.05) is 23.1 Å². The van der Waals surface area contributed by atoms with Gasteiger partial charge in [0.05, 0.1) is 11.6 Å². The number of amides is 1. The Morgan fingerprint density at radius 3 is 2.38 bits per heavy atom. The number of halogens is 2. The van der Waals surface area contributed by atoms with Crippen LogP contribution in [-0.2, 0) is 4.79 Å². The number of pyridine rings is 1. The lowest BCUT2D eigenvalue weighted by Gasteiger charge is -2.32. The number of nitrogens with zero attached hydrogens (tertiary/aromatic N) is 3. The fourth-order valence-electron chi connectivity index (χ4n) is 5.35. The Labute approximate surface area is 221 Å². The van der Waals surface area contributed by atoms with Gasteiger partial charge in [0.2, 0.25) is 0 Å². The molecule has 2 aromatic heterocycles. The van der Waals surface area contributed by atoms with Gasteiger partial charge >= 0.3 is 5.69 Å². The summed E-state index contributed by atoms with van der Waals surface area (Å²) in [4.78, 5) is 43.8. The van der Waals surface area contributed by atoms with Crippen molar-refractivity contribution in [2.75, 3.05) is 11.5 Å². The van der Waals surface area contributed by atoms with Gasteiger partial charge in [-0.25, -0.2) is 14.2 Å². The Kier molecular flexibility index (Phi) is 7.69. The Balaban J connectivity index is 1.36. The number of fused-ring (bicyclic) bond motifs is 1. The summed E-state index contributed by atoms with van der Waals surface area (Å²) < 4.78 is 16.9. The van der Waals surface area contributed by atoms with Gasteiger partial charge in [0.25, 0.3) is 11.5 Å². The maximum absolute atomic E-state index is 14.1. The van der Waals surface area contributed by atoms with Crippen LogP contribution in [0.5, 0.6) is 0 Å². The second-order valence-corrected chi connectivity index (χ2v) is 11.3. The SMILES string of the molecule is O=C(N[C@H]1CC[C@@H](n2c(=O)c3cc(F)cnc3n(C3CCSCC3)c2=O)CC1)C(O)c1ccc(Cl)cc1. The number of aliphatic hydroxyl groups is 1. The molecule has 1 saturated heterocycles. The molecule has 3 aromatic rings. The highest BCUT2D eigenvalue weighted by Gasteiger charge is 2.30. The molecule has 2 N–H and O–H groups in total. The highest BCUT2D eigenvalue weighted by atomic mass is 35.5. The van der Waals surface area contributed by atoms with E-state index in [2.05, 4.69) is 10.3 Å². The molecule has 0 spiro atoms. The van der Waals surface area contributed by atoms with Gasteiger partial charge in [-0.3, -0.25) is 18.7 Å². The first-order valence-corrected chi connectivity index (χ1v) is 14.0. The average Bonchev–Trinajstić information content (AvgIpc) is 2.91. The van der Waals surface area contributed by atoms with E-state index in [0.717, 1.165) is 30.5 Å². The van der Waals surface area contributed by atoms with Gasteiger partial charge in [-0.2, -0.15) is 11.8 Å². The highest BCUT2D eigenvalue weighted by molar-refractivity contribution is 7.99. The fourth-order valence-corrected chi connectivity index (χ4v) is 6.56. The van der Waals surface area contributed by atoms with Crippen LogP contribution in [0.15, 0.2) is 46.1 Å². The van der Waals surface area contributed by atoms with E-state index in [4.69, 9.17) is 11.6 Å². The Morgan fingerprint density at radius 1 is 1.05 bits per heavy atom. The molecule has 11 heteroatoms. The largest absolute Gasteiger partial charge is 0.378 e. The first-order chi connectivity index (χ1) is 17.8. The molecule has 1 aliphatic carbocycles. The van der Waals surface area contributed by atoms with Crippen LogP contribution in [-0.4, -0.2) is 42.7 Å². The van der Waals surface area contributed by atoms with E-state index in [1.54, 1.807) is 28.8 Å². The van der Waals surface area contributed by atoms with Crippen molar-refractivity contribution in [1.29, 1.82) is 0 Å². The van der Waals surface area contributed by atoms with Crippen molar-refractivity contribution in [3.05, 3.63) is 73.8 Å². The van der Waals surface area contributed by atoms with Gasteiger partial charge < -0.3 is 10.4 Å². The van der Waals surface area contributed by atoms with Gasteiger partial charge in [-0.05, 0) is 73.8 Å². The second kappa shape index (κ2) is 11.0. The number of aromatic nitrogens is 3. The first-order valence-electron chi connectivity index (χ1n) is 12.5. The molecule has 2 aliphatic rings. The van der Waals surface area contributed by atoms with E-state index in [1.165, 1.54) is 10.6 Å². The molecule has 1 aliphatic heterocycles. The summed E-state index contributed by atoms with van der Waals surface area (Å²) in [5.41, 5.74) is -0.249. The molecule has 5 rings (SSSR count). The van der Waals surface area contributed by atoms with Gasteiger partial charge in [-0.1, -0.05) is 23.7 Å². The summed E-state index contributed by atoms with van der Waals surface area (Å²) in [5.74, 6) is 0.691. The lowest BCUT2D eigenvalue weighted by molar-refractivity contribution is -0.130. The predicted molar refractivity (Wildman–Crippen MR) is 142 cm³/mol. The number of carbonyl (C=O) groups is 1. The van der Waals surface area contributed by atoms with Crippen molar-refractivity contribution in [3.8, 4) is 0 Å². The third kappa shape index (κ3) is 5.32. The second-order valence-electron chi connectivity index (χ2n) is 9.66. The monoisotopic (exact) mass is 546 g/mol. The molecule has 2 fully saturated rings. The summed E-state index contributed by atoms with van der Waals surface area (Å²) in [6, 6.07) is 6.93. The Morgan fingerprint density at radius 2 is 1.70 bits per heavy atom. The lowest BCUT2D eigenvalue weighted by Crippen LogP contribution is -2.47. The normalized spacial score (nSPS) is 21.6. The summed E-state index contributed by atoms with van der Waals surface area (Å²) >= 11 is 7.70. The fraction of sp³-hybridized carbons (Fsp3) is 0.462. The van der Waals surface area contributed by atoms with E-state index in [0.29, 0.717) is 36.3 Å². The van der Waals surface area contributed by atoms with Crippen LogP contribution >= 0.6 is 23.4 Å². The van der Waals surface area contributed by atoms with Crippen LogP contribution in [0.25, 0.3) is 11.0 Å². The molecule has 1 aromatic carbocycles. The zero-order valence-electron chi connectivity index (χ0n) is 20.1. The molecule has 37 heavy (non-hydrogen) atoms. The number of carbonyl (C=O) groups excluding carboxylic acids is 1. The molecule has 1 atom stereocenters. The number of benzene rings is 1. The number of thioether (sulfide) groups is 1. The standard InChI is InChI=1S/C26H28ClFN4O4S/c27-16-3-1-15(2-4-16)22(33)24(34)30-18-5-7-19(8-6-18)32-25(35)21-13-17(28)14-29-23(21)31(26(32)36)20-9-11-37-12-10-20/h1-4,13-14,18-20,22,33H,5-12H2,(H,30,34)/t18-,19+,22?. The average molecular weight is 547 g/mol. The number of hydrogen-bond acceptors (Lipinski definition) is 6. The van der Waals surface area contributed by atoms with Crippen molar-refractivity contribution in [2.24, 2.45) is 0 Å². The van der Waals surface area contributed by atoms with E-state index in [9.17, 15) is 23.9 Å². The van der Waals surface area contributed by atoms with Crippen LogP contribution in [0, 0.1) is 5.82 Å². The van der Waals surface area contributed by atoms with Crippen LogP contribution in [0.2, 0.25) is 5.02 Å². The molecular formula is C26H28ClFN4O4S. The molecule has 8 nitrogen and oxygen atoms in total. The van der Waals surface area contributed by atoms with Crippen molar-refractivity contribution in [1.82, 2.24) is 19.4 Å². The van der Waals surface area contributed by atoms with E-state index >= 15 is 0 Å². The zero-order chi connectivity index (χ0) is 26.1. The molecule has 196 valence electrons. The molecular weight excluding hydrogens is 519 g/mol. The van der Waals surface area contributed by atoms with Gasteiger partial charge in [0.15, 0.2) is 6.10 Å². The first kappa shape index (κ1) is 25.9. The van der Waals surface area contributed by atoms with Crippen molar-refractivity contribution in [2.45, 2.75) is 62.8 Å². The molecule has 0 radical (unpaired) electrons. The third-order valence-electron chi connectivity index (χ3n) is 7.32. The Hall–Kier alpha value is -2.69. The van der Waals surface area contributed by atoms with Crippen molar-refractivity contribution < 1.29 is 14.3 Å². The summed E-state index contributed by atoms with van der Waals surface area (Å²) in [6.07, 6.45) is 3.35. The van der Waals surface area contributed by atoms with Crippen LogP contribution < -0.4 is 16.6 Å².